The maximum Gasteiger partial charge on any atom is 0.0118 e. The van der Waals surface area contributed by atoms with E-state index in [9.17, 15) is 0 Å². The number of allylic oxidation sites excluding steroid dienone is 4. The predicted octanol–water partition coefficient (Wildman–Crippen LogP) is 9.53. The summed E-state index contributed by atoms with van der Waals surface area (Å²) in [6.45, 7) is 14.5. The van der Waals surface area contributed by atoms with Crippen LogP contribution in [0.25, 0.3) is 11.1 Å². The minimum atomic E-state index is 0.127. The van der Waals surface area contributed by atoms with E-state index in [0.717, 1.165) is 0 Å². The summed E-state index contributed by atoms with van der Waals surface area (Å²) in [5.74, 6) is 0.961. The van der Waals surface area contributed by atoms with E-state index in [1.807, 2.05) is 0 Å². The van der Waals surface area contributed by atoms with Crippen LogP contribution in [0.2, 0.25) is 0 Å². The fraction of sp³-hybridized carbons (Fsp3) is 0.484. The van der Waals surface area contributed by atoms with E-state index in [-0.39, 0.29) is 5.41 Å². The van der Waals surface area contributed by atoms with Crippen LogP contribution in [0.15, 0.2) is 59.7 Å². The van der Waals surface area contributed by atoms with Crippen LogP contribution in [0.4, 0.5) is 0 Å². The Morgan fingerprint density at radius 1 is 0.645 bits per heavy atom. The van der Waals surface area contributed by atoms with Crippen LogP contribution < -0.4 is 0 Å². The molecule has 0 spiro atoms. The normalized spacial score (nSPS) is 20.5. The molecular formula is C31H40. The van der Waals surface area contributed by atoms with Gasteiger partial charge in [0.25, 0.3) is 0 Å². The highest BCUT2D eigenvalue weighted by molar-refractivity contribution is 5.81. The average Bonchev–Trinajstić information content (AvgIpc) is 3.21. The first-order valence-electron chi connectivity index (χ1n) is 12.5. The van der Waals surface area contributed by atoms with Gasteiger partial charge in [-0.15, -0.1) is 0 Å². The zero-order valence-electron chi connectivity index (χ0n) is 20.5. The van der Waals surface area contributed by atoms with Crippen LogP contribution in [0, 0.1) is 5.41 Å². The van der Waals surface area contributed by atoms with Crippen molar-refractivity contribution in [2.75, 3.05) is 0 Å². The highest BCUT2D eigenvalue weighted by Gasteiger charge is 2.47. The molecule has 0 aromatic heterocycles. The van der Waals surface area contributed by atoms with Crippen molar-refractivity contribution in [2.45, 2.75) is 91.9 Å². The zero-order valence-corrected chi connectivity index (χ0v) is 20.5. The first kappa shape index (κ1) is 22.1. The van der Waals surface area contributed by atoms with Gasteiger partial charge in [0.2, 0.25) is 0 Å². The van der Waals surface area contributed by atoms with Crippen LogP contribution in [-0.4, -0.2) is 0 Å². The Morgan fingerprint density at radius 2 is 1.03 bits per heavy atom. The molecule has 0 saturated carbocycles. The number of benzene rings is 2. The molecule has 164 valence electrons. The summed E-state index contributed by atoms with van der Waals surface area (Å²) >= 11 is 0. The van der Waals surface area contributed by atoms with E-state index in [0.29, 0.717) is 11.8 Å². The molecular weight excluding hydrogens is 372 g/mol. The Bertz CT molecular complexity index is 932. The number of hydrogen-bond donors (Lipinski definition) is 0. The Balaban J connectivity index is 1.83. The van der Waals surface area contributed by atoms with Gasteiger partial charge in [-0.2, -0.15) is 0 Å². The van der Waals surface area contributed by atoms with Gasteiger partial charge >= 0.3 is 0 Å². The predicted molar refractivity (Wildman–Crippen MR) is 136 cm³/mol. The van der Waals surface area contributed by atoms with Crippen molar-refractivity contribution >= 4 is 11.1 Å². The Labute approximate surface area is 190 Å². The second-order valence-electron chi connectivity index (χ2n) is 10.4. The molecule has 0 nitrogen and oxygen atoms in total. The molecule has 2 aliphatic rings. The Hall–Kier alpha value is -2.08. The first-order valence-corrected chi connectivity index (χ1v) is 12.5. The smallest absolute Gasteiger partial charge is 0.0118 e. The van der Waals surface area contributed by atoms with Gasteiger partial charge in [0.15, 0.2) is 0 Å². The van der Waals surface area contributed by atoms with Gasteiger partial charge in [0.1, 0.15) is 0 Å². The Morgan fingerprint density at radius 3 is 1.42 bits per heavy atom. The fourth-order valence-electron chi connectivity index (χ4n) is 6.74. The maximum atomic E-state index is 2.54. The van der Waals surface area contributed by atoms with Crippen molar-refractivity contribution in [3.05, 3.63) is 81.9 Å². The lowest BCUT2D eigenvalue weighted by Gasteiger charge is -2.41. The van der Waals surface area contributed by atoms with Crippen LogP contribution >= 0.6 is 0 Å². The number of fused-ring (bicyclic) bond motifs is 2. The van der Waals surface area contributed by atoms with E-state index in [1.165, 1.54) is 49.7 Å². The third-order valence-corrected chi connectivity index (χ3v) is 8.06. The van der Waals surface area contributed by atoms with E-state index in [1.54, 1.807) is 33.4 Å². The number of hydrogen-bond acceptors (Lipinski definition) is 0. The SMILES string of the molecule is CCCCC1=C(C)C(C(C)(C)C2C(C)=C(CCCC)c3ccccc32)c2ccccc21. The van der Waals surface area contributed by atoms with Gasteiger partial charge in [-0.25, -0.2) is 0 Å². The molecule has 0 aliphatic heterocycles. The van der Waals surface area contributed by atoms with Crippen molar-refractivity contribution in [1.29, 1.82) is 0 Å². The van der Waals surface area contributed by atoms with E-state index < -0.39 is 0 Å². The summed E-state index contributed by atoms with van der Waals surface area (Å²) in [5.41, 5.74) is 12.8. The van der Waals surface area contributed by atoms with Crippen molar-refractivity contribution in [3.63, 3.8) is 0 Å². The van der Waals surface area contributed by atoms with Gasteiger partial charge in [0, 0.05) is 11.8 Å². The molecule has 0 heterocycles. The molecule has 0 amide bonds. The molecule has 0 bridgehead atoms. The van der Waals surface area contributed by atoms with Gasteiger partial charge in [0.05, 0.1) is 0 Å². The zero-order chi connectivity index (χ0) is 22.2. The van der Waals surface area contributed by atoms with E-state index in [2.05, 4.69) is 90.1 Å². The lowest BCUT2D eigenvalue weighted by atomic mass is 9.62. The summed E-state index contributed by atoms with van der Waals surface area (Å²) in [6.07, 6.45) is 7.49. The second kappa shape index (κ2) is 8.81. The van der Waals surface area contributed by atoms with E-state index in [4.69, 9.17) is 0 Å². The summed E-state index contributed by atoms with van der Waals surface area (Å²) in [7, 11) is 0. The molecule has 2 aliphatic carbocycles. The van der Waals surface area contributed by atoms with Crippen LogP contribution in [0.1, 0.15) is 114 Å². The summed E-state index contributed by atoms with van der Waals surface area (Å²) in [6, 6.07) is 18.5. The molecule has 2 aromatic carbocycles. The fourth-order valence-corrected chi connectivity index (χ4v) is 6.74. The standard InChI is InChI=1S/C31H40/c1-7-9-15-23-21(3)29(27-19-13-11-17-25(23)27)31(5,6)30-22(4)24(16-10-8-2)26-18-12-14-20-28(26)30/h11-14,17-20,29-30H,7-10,15-16H2,1-6H3. The van der Waals surface area contributed by atoms with Gasteiger partial charge in [-0.3, -0.25) is 0 Å². The largest absolute Gasteiger partial charge is 0.0654 e. The summed E-state index contributed by atoms with van der Waals surface area (Å²) in [5, 5.41) is 0. The molecule has 2 aromatic rings. The van der Waals surface area contributed by atoms with Gasteiger partial charge in [-0.05, 0) is 78.3 Å². The first-order chi connectivity index (χ1) is 14.9. The van der Waals surface area contributed by atoms with Crippen molar-refractivity contribution in [2.24, 2.45) is 5.41 Å². The van der Waals surface area contributed by atoms with Crippen LogP contribution in [-0.2, 0) is 0 Å². The van der Waals surface area contributed by atoms with Crippen LogP contribution in [0.5, 0.6) is 0 Å². The Kier molecular flexibility index (Phi) is 6.29. The maximum absolute atomic E-state index is 2.54. The third-order valence-electron chi connectivity index (χ3n) is 8.06. The third kappa shape index (κ3) is 3.63. The highest BCUT2D eigenvalue weighted by atomic mass is 14.5. The van der Waals surface area contributed by atoms with Crippen molar-refractivity contribution in [3.8, 4) is 0 Å². The molecule has 4 rings (SSSR count). The second-order valence-corrected chi connectivity index (χ2v) is 10.4. The highest BCUT2D eigenvalue weighted by Crippen LogP contribution is 2.61. The molecule has 2 unspecified atom stereocenters. The lowest BCUT2D eigenvalue weighted by Crippen LogP contribution is -2.29. The lowest BCUT2D eigenvalue weighted by molar-refractivity contribution is 0.274. The number of rotatable bonds is 8. The molecule has 2 atom stereocenters. The van der Waals surface area contributed by atoms with Crippen molar-refractivity contribution in [1.82, 2.24) is 0 Å². The molecule has 0 heteroatoms. The van der Waals surface area contributed by atoms with Gasteiger partial charge < -0.3 is 0 Å². The quantitative estimate of drug-likeness (QED) is 0.405. The molecule has 0 saturated heterocycles. The molecule has 0 N–H and O–H groups in total. The summed E-state index contributed by atoms with van der Waals surface area (Å²) in [4.78, 5) is 0. The minimum absolute atomic E-state index is 0.127. The molecule has 0 fully saturated rings. The van der Waals surface area contributed by atoms with Crippen molar-refractivity contribution < 1.29 is 0 Å². The van der Waals surface area contributed by atoms with Gasteiger partial charge in [-0.1, -0.05) is 100 Å². The van der Waals surface area contributed by atoms with Crippen LogP contribution in [0.3, 0.4) is 0 Å². The topological polar surface area (TPSA) is 0 Å². The molecule has 0 radical (unpaired) electrons. The monoisotopic (exact) mass is 412 g/mol. The molecule has 31 heavy (non-hydrogen) atoms. The average molecular weight is 413 g/mol. The van der Waals surface area contributed by atoms with E-state index >= 15 is 0 Å². The minimum Gasteiger partial charge on any atom is -0.0654 e. The summed E-state index contributed by atoms with van der Waals surface area (Å²) < 4.78 is 0. The number of unbranched alkanes of at least 4 members (excludes halogenated alkanes) is 2.